The number of likely N-dealkylation sites (tertiary alicyclic amines) is 1. The Kier molecular flexibility index (Phi) is 4.42. The summed E-state index contributed by atoms with van der Waals surface area (Å²) in [5.74, 6) is 1.08. The quantitative estimate of drug-likeness (QED) is 0.939. The van der Waals surface area contributed by atoms with Crippen LogP contribution in [0.2, 0.25) is 0 Å². The first-order valence-corrected chi connectivity index (χ1v) is 9.20. The molecular formula is C20H28N4. The second-order valence-corrected chi connectivity index (χ2v) is 7.55. The predicted octanol–water partition coefficient (Wildman–Crippen LogP) is 2.78. The number of aromatic amines is 1. The molecule has 1 fully saturated rings. The first-order valence-electron chi connectivity index (χ1n) is 9.20. The third-order valence-electron chi connectivity index (χ3n) is 5.75. The maximum atomic E-state index is 4.46. The Hall–Kier alpha value is -1.65. The SMILES string of the molecule is Cc1cnc(CN(C)C2CCCN(C3Cc4ccccc4C3)C2)[nH]1. The van der Waals surface area contributed by atoms with Crippen molar-refractivity contribution in [1.29, 1.82) is 0 Å². The van der Waals surface area contributed by atoms with Gasteiger partial charge in [0.05, 0.1) is 6.54 Å². The molecule has 4 rings (SSSR count). The van der Waals surface area contributed by atoms with Crippen molar-refractivity contribution in [2.24, 2.45) is 0 Å². The topological polar surface area (TPSA) is 35.2 Å². The fourth-order valence-corrected chi connectivity index (χ4v) is 4.38. The molecule has 4 nitrogen and oxygen atoms in total. The van der Waals surface area contributed by atoms with Crippen molar-refractivity contribution in [3.05, 3.63) is 53.1 Å². The smallest absolute Gasteiger partial charge is 0.120 e. The van der Waals surface area contributed by atoms with Crippen LogP contribution in [0.25, 0.3) is 0 Å². The van der Waals surface area contributed by atoms with Crippen LogP contribution in [0.1, 0.15) is 35.5 Å². The summed E-state index contributed by atoms with van der Waals surface area (Å²) in [6, 6.07) is 10.3. The van der Waals surface area contributed by atoms with Gasteiger partial charge in [-0.15, -0.1) is 0 Å². The number of H-pyrrole nitrogens is 1. The molecule has 1 aliphatic carbocycles. The van der Waals surface area contributed by atoms with Crippen molar-refractivity contribution in [3.63, 3.8) is 0 Å². The molecule has 1 N–H and O–H groups in total. The molecule has 128 valence electrons. The third kappa shape index (κ3) is 3.26. The van der Waals surface area contributed by atoms with E-state index in [1.54, 1.807) is 11.1 Å². The van der Waals surface area contributed by atoms with Gasteiger partial charge < -0.3 is 4.98 Å². The van der Waals surface area contributed by atoms with Gasteiger partial charge in [0.2, 0.25) is 0 Å². The van der Waals surface area contributed by atoms with Gasteiger partial charge in [0.15, 0.2) is 0 Å². The Morgan fingerprint density at radius 1 is 1.25 bits per heavy atom. The fourth-order valence-electron chi connectivity index (χ4n) is 4.38. The second kappa shape index (κ2) is 6.69. The lowest BCUT2D eigenvalue weighted by Crippen LogP contribution is -2.50. The summed E-state index contributed by atoms with van der Waals surface area (Å²) in [5, 5.41) is 0. The standard InChI is InChI=1S/C20H28N4/c1-15-12-21-20(22-15)14-23(2)18-8-5-9-24(13-18)19-10-16-6-3-4-7-17(16)11-19/h3-4,6-7,12,18-19H,5,8-11,13-14H2,1-2H3,(H,21,22). The van der Waals surface area contributed by atoms with Crippen molar-refractivity contribution in [2.45, 2.75) is 51.2 Å². The number of likely N-dealkylation sites (N-methyl/N-ethyl adjacent to an activating group) is 1. The number of nitrogens with one attached hydrogen (secondary N) is 1. The summed E-state index contributed by atoms with van der Waals surface area (Å²) < 4.78 is 0. The molecule has 0 amide bonds. The van der Waals surface area contributed by atoms with Crippen molar-refractivity contribution >= 4 is 0 Å². The van der Waals surface area contributed by atoms with Gasteiger partial charge in [-0.3, -0.25) is 9.80 Å². The Morgan fingerprint density at radius 3 is 2.67 bits per heavy atom. The van der Waals surface area contributed by atoms with Crippen molar-refractivity contribution in [1.82, 2.24) is 19.8 Å². The molecule has 24 heavy (non-hydrogen) atoms. The van der Waals surface area contributed by atoms with Crippen LogP contribution in [-0.4, -0.2) is 52.0 Å². The summed E-state index contributed by atoms with van der Waals surface area (Å²) in [4.78, 5) is 13.0. The molecule has 2 aliphatic rings. The van der Waals surface area contributed by atoms with Gasteiger partial charge in [-0.2, -0.15) is 0 Å². The van der Waals surface area contributed by atoms with E-state index in [0.29, 0.717) is 12.1 Å². The molecule has 1 atom stereocenters. The van der Waals surface area contributed by atoms with E-state index in [9.17, 15) is 0 Å². The summed E-state index contributed by atoms with van der Waals surface area (Å²) >= 11 is 0. The van der Waals surface area contributed by atoms with Crippen LogP contribution in [0.5, 0.6) is 0 Å². The highest BCUT2D eigenvalue weighted by atomic mass is 15.2. The molecule has 0 saturated carbocycles. The Labute approximate surface area is 144 Å². The molecule has 1 saturated heterocycles. The zero-order valence-corrected chi connectivity index (χ0v) is 14.8. The lowest BCUT2D eigenvalue weighted by atomic mass is 10.0. The molecule has 0 spiro atoms. The van der Waals surface area contributed by atoms with E-state index < -0.39 is 0 Å². The number of aromatic nitrogens is 2. The zero-order chi connectivity index (χ0) is 16.5. The van der Waals surface area contributed by atoms with Gasteiger partial charge in [0.25, 0.3) is 0 Å². The van der Waals surface area contributed by atoms with Gasteiger partial charge in [-0.1, -0.05) is 24.3 Å². The van der Waals surface area contributed by atoms with E-state index in [0.717, 1.165) is 18.1 Å². The van der Waals surface area contributed by atoms with Crippen molar-refractivity contribution < 1.29 is 0 Å². The molecule has 0 bridgehead atoms. The van der Waals surface area contributed by atoms with E-state index in [1.165, 1.54) is 38.8 Å². The minimum atomic E-state index is 0.632. The monoisotopic (exact) mass is 324 g/mol. The highest BCUT2D eigenvalue weighted by Gasteiger charge is 2.31. The fraction of sp³-hybridized carbons (Fsp3) is 0.550. The molecule has 0 radical (unpaired) electrons. The van der Waals surface area contributed by atoms with Crippen molar-refractivity contribution in [3.8, 4) is 0 Å². The van der Waals surface area contributed by atoms with Crippen LogP contribution < -0.4 is 0 Å². The number of piperidine rings is 1. The van der Waals surface area contributed by atoms with E-state index in [1.807, 2.05) is 6.20 Å². The van der Waals surface area contributed by atoms with Gasteiger partial charge in [-0.05, 0) is 57.3 Å². The van der Waals surface area contributed by atoms with E-state index in [2.05, 4.69) is 58.0 Å². The molecule has 1 unspecified atom stereocenters. The van der Waals surface area contributed by atoms with Gasteiger partial charge in [0, 0.05) is 30.5 Å². The molecular weight excluding hydrogens is 296 g/mol. The maximum Gasteiger partial charge on any atom is 0.120 e. The minimum Gasteiger partial charge on any atom is -0.345 e. The summed E-state index contributed by atoms with van der Waals surface area (Å²) in [5.41, 5.74) is 4.26. The Morgan fingerprint density at radius 2 is 2.00 bits per heavy atom. The first kappa shape index (κ1) is 15.9. The molecule has 1 aromatic heterocycles. The van der Waals surface area contributed by atoms with Crippen LogP contribution in [0, 0.1) is 6.92 Å². The van der Waals surface area contributed by atoms with E-state index in [4.69, 9.17) is 0 Å². The third-order valence-corrected chi connectivity index (χ3v) is 5.75. The number of nitrogens with zero attached hydrogens (tertiary/aromatic N) is 3. The van der Waals surface area contributed by atoms with Crippen LogP contribution in [0.15, 0.2) is 30.5 Å². The normalized spacial score (nSPS) is 22.2. The maximum absolute atomic E-state index is 4.46. The summed E-state index contributed by atoms with van der Waals surface area (Å²) in [6.07, 6.45) is 6.98. The largest absolute Gasteiger partial charge is 0.345 e. The first-order chi connectivity index (χ1) is 11.7. The second-order valence-electron chi connectivity index (χ2n) is 7.55. The number of fused-ring (bicyclic) bond motifs is 1. The van der Waals surface area contributed by atoms with Crippen LogP contribution in [-0.2, 0) is 19.4 Å². The molecule has 2 aromatic rings. The number of aryl methyl sites for hydroxylation is 1. The zero-order valence-electron chi connectivity index (χ0n) is 14.8. The number of rotatable bonds is 4. The molecule has 1 aromatic carbocycles. The summed E-state index contributed by atoms with van der Waals surface area (Å²) in [7, 11) is 2.25. The average molecular weight is 324 g/mol. The Bertz CT molecular complexity index is 667. The van der Waals surface area contributed by atoms with Crippen LogP contribution in [0.4, 0.5) is 0 Å². The predicted molar refractivity (Wildman–Crippen MR) is 97.0 cm³/mol. The highest BCUT2D eigenvalue weighted by Crippen LogP contribution is 2.28. The number of imidazole rings is 1. The molecule has 1 aliphatic heterocycles. The van der Waals surface area contributed by atoms with Gasteiger partial charge in [0.1, 0.15) is 5.82 Å². The minimum absolute atomic E-state index is 0.632. The number of hydrogen-bond acceptors (Lipinski definition) is 3. The lowest BCUT2D eigenvalue weighted by molar-refractivity contribution is 0.0824. The van der Waals surface area contributed by atoms with Crippen LogP contribution >= 0.6 is 0 Å². The van der Waals surface area contributed by atoms with Gasteiger partial charge >= 0.3 is 0 Å². The van der Waals surface area contributed by atoms with Crippen molar-refractivity contribution in [2.75, 3.05) is 20.1 Å². The average Bonchev–Trinajstić information content (AvgIpc) is 3.21. The van der Waals surface area contributed by atoms with E-state index in [-0.39, 0.29) is 0 Å². The Balaban J connectivity index is 1.37. The summed E-state index contributed by atoms with van der Waals surface area (Å²) in [6.45, 7) is 5.42. The van der Waals surface area contributed by atoms with E-state index >= 15 is 0 Å². The van der Waals surface area contributed by atoms with Gasteiger partial charge in [-0.25, -0.2) is 4.98 Å². The van der Waals surface area contributed by atoms with Crippen LogP contribution in [0.3, 0.4) is 0 Å². The molecule has 4 heteroatoms. The number of benzene rings is 1. The molecule has 2 heterocycles. The highest BCUT2D eigenvalue weighted by molar-refractivity contribution is 5.33. The number of hydrogen-bond donors (Lipinski definition) is 1. The lowest BCUT2D eigenvalue weighted by Gasteiger charge is -2.40.